The third-order valence-electron chi connectivity index (χ3n) is 5.19. The van der Waals surface area contributed by atoms with Gasteiger partial charge in [0.15, 0.2) is 5.65 Å². The van der Waals surface area contributed by atoms with Crippen LogP contribution in [0.25, 0.3) is 11.0 Å². The molecule has 0 spiro atoms. The van der Waals surface area contributed by atoms with Crippen LogP contribution in [0.1, 0.15) is 31.2 Å². The van der Waals surface area contributed by atoms with E-state index in [9.17, 15) is 0 Å². The Kier molecular flexibility index (Phi) is 4.63. The highest BCUT2D eigenvalue weighted by Crippen LogP contribution is 2.31. The summed E-state index contributed by atoms with van der Waals surface area (Å²) >= 11 is 0. The molecule has 0 bridgehead atoms. The van der Waals surface area contributed by atoms with Crippen molar-refractivity contribution in [1.29, 1.82) is 5.26 Å². The van der Waals surface area contributed by atoms with Crippen LogP contribution in [-0.4, -0.2) is 32.3 Å². The third-order valence-corrected chi connectivity index (χ3v) is 5.19. The topological polar surface area (TPSA) is 91.5 Å². The van der Waals surface area contributed by atoms with Gasteiger partial charge >= 0.3 is 0 Å². The van der Waals surface area contributed by atoms with Gasteiger partial charge in [0.05, 0.1) is 23.6 Å². The van der Waals surface area contributed by atoms with Crippen molar-refractivity contribution in [3.05, 3.63) is 42.1 Å². The van der Waals surface area contributed by atoms with Crippen LogP contribution in [0.5, 0.6) is 0 Å². The van der Waals surface area contributed by atoms with Crippen molar-refractivity contribution < 1.29 is 0 Å². The maximum absolute atomic E-state index is 8.98. The second-order valence-corrected chi connectivity index (χ2v) is 7.23. The molecule has 0 aliphatic heterocycles. The third kappa shape index (κ3) is 3.56. The van der Waals surface area contributed by atoms with Crippen LogP contribution >= 0.6 is 0 Å². The fraction of sp³-hybridized carbons (Fsp3) is 0.400. The smallest absolute Gasteiger partial charge is 0.226 e. The first-order chi connectivity index (χ1) is 13.1. The predicted molar refractivity (Wildman–Crippen MR) is 105 cm³/mol. The van der Waals surface area contributed by atoms with Crippen LogP contribution in [-0.2, 0) is 7.05 Å². The highest BCUT2D eigenvalue weighted by atomic mass is 15.3. The van der Waals surface area contributed by atoms with E-state index >= 15 is 0 Å². The Morgan fingerprint density at radius 1 is 1.26 bits per heavy atom. The van der Waals surface area contributed by atoms with E-state index < -0.39 is 0 Å². The van der Waals surface area contributed by atoms with Crippen molar-refractivity contribution >= 4 is 22.8 Å². The molecule has 27 heavy (non-hydrogen) atoms. The molecular formula is C20H23N7. The molecule has 4 rings (SSSR count). The number of aromatic nitrogens is 4. The number of hydrogen-bond acceptors (Lipinski definition) is 6. The molecule has 7 nitrogen and oxygen atoms in total. The Bertz CT molecular complexity index is 967. The molecule has 1 saturated carbocycles. The molecule has 3 aromatic rings. The molecule has 1 unspecified atom stereocenters. The molecule has 7 heteroatoms. The second kappa shape index (κ2) is 7.23. The van der Waals surface area contributed by atoms with Gasteiger partial charge in [0.1, 0.15) is 5.82 Å². The first-order valence-corrected chi connectivity index (χ1v) is 9.28. The number of aryl methyl sites for hydroxylation is 1. The largest absolute Gasteiger partial charge is 0.366 e. The van der Waals surface area contributed by atoms with E-state index in [1.165, 1.54) is 5.56 Å². The normalized spacial score (nSPS) is 19.9. The van der Waals surface area contributed by atoms with E-state index in [1.807, 2.05) is 13.1 Å². The summed E-state index contributed by atoms with van der Waals surface area (Å²) in [5, 5.41) is 21.0. The average molecular weight is 361 g/mol. The first kappa shape index (κ1) is 17.3. The fourth-order valence-corrected chi connectivity index (χ4v) is 3.39. The molecule has 1 aromatic carbocycles. The van der Waals surface area contributed by atoms with Crippen LogP contribution in [0.4, 0.5) is 11.8 Å². The number of anilines is 2. The van der Waals surface area contributed by atoms with Gasteiger partial charge in [0.25, 0.3) is 0 Å². The molecule has 2 aromatic heterocycles. The SMILES string of the molecule is CC(CNc1nc(NC2CC(C#N)C2)c2cnn(C)c2n1)c1ccccc1. The number of hydrogen-bond donors (Lipinski definition) is 2. The van der Waals surface area contributed by atoms with Crippen molar-refractivity contribution in [3.8, 4) is 6.07 Å². The minimum atomic E-state index is 0.151. The lowest BCUT2D eigenvalue weighted by Gasteiger charge is -2.31. The predicted octanol–water partition coefficient (Wildman–Crippen LogP) is 3.29. The molecule has 0 amide bonds. The molecule has 2 N–H and O–H groups in total. The lowest BCUT2D eigenvalue weighted by Crippen LogP contribution is -2.35. The summed E-state index contributed by atoms with van der Waals surface area (Å²) in [6.07, 6.45) is 3.50. The quantitative estimate of drug-likeness (QED) is 0.700. The summed E-state index contributed by atoms with van der Waals surface area (Å²) in [6.45, 7) is 2.92. The summed E-state index contributed by atoms with van der Waals surface area (Å²) in [5.41, 5.74) is 2.07. The van der Waals surface area contributed by atoms with Gasteiger partial charge < -0.3 is 10.6 Å². The van der Waals surface area contributed by atoms with Gasteiger partial charge in [0, 0.05) is 19.6 Å². The second-order valence-electron chi connectivity index (χ2n) is 7.23. The Hall–Kier alpha value is -3.14. The highest BCUT2D eigenvalue weighted by Gasteiger charge is 2.29. The van der Waals surface area contributed by atoms with Gasteiger partial charge in [-0.1, -0.05) is 37.3 Å². The maximum Gasteiger partial charge on any atom is 0.226 e. The number of nitriles is 1. The monoisotopic (exact) mass is 361 g/mol. The molecule has 138 valence electrons. The maximum atomic E-state index is 8.98. The molecule has 0 saturated heterocycles. The highest BCUT2D eigenvalue weighted by molar-refractivity contribution is 5.87. The Balaban J connectivity index is 1.52. The number of rotatable bonds is 6. The average Bonchev–Trinajstić information content (AvgIpc) is 3.04. The Labute approximate surface area is 158 Å². The Morgan fingerprint density at radius 3 is 2.78 bits per heavy atom. The minimum Gasteiger partial charge on any atom is -0.366 e. The van der Waals surface area contributed by atoms with Crippen molar-refractivity contribution in [2.75, 3.05) is 17.2 Å². The van der Waals surface area contributed by atoms with Crippen LogP contribution in [0.2, 0.25) is 0 Å². The van der Waals surface area contributed by atoms with E-state index in [0.717, 1.165) is 36.2 Å². The fourth-order valence-electron chi connectivity index (χ4n) is 3.39. The van der Waals surface area contributed by atoms with E-state index in [2.05, 4.69) is 63.0 Å². The summed E-state index contributed by atoms with van der Waals surface area (Å²) in [7, 11) is 1.88. The molecule has 1 fully saturated rings. The van der Waals surface area contributed by atoms with Crippen molar-refractivity contribution in [1.82, 2.24) is 19.7 Å². The van der Waals surface area contributed by atoms with E-state index in [-0.39, 0.29) is 12.0 Å². The summed E-state index contributed by atoms with van der Waals surface area (Å²) < 4.78 is 1.76. The standard InChI is InChI=1S/C20H23N7/c1-13(15-6-4-3-5-7-15)11-22-20-25-18(24-16-8-14(9-16)10-21)17-12-23-27(2)19(17)26-20/h3-7,12-14,16H,8-9,11H2,1-2H3,(H2,22,24,25,26). The summed E-state index contributed by atoms with van der Waals surface area (Å²) in [6, 6.07) is 13.0. The molecule has 1 aliphatic rings. The van der Waals surface area contributed by atoms with Crippen molar-refractivity contribution in [3.63, 3.8) is 0 Å². The lowest BCUT2D eigenvalue weighted by atomic mass is 9.81. The van der Waals surface area contributed by atoms with Gasteiger partial charge in [-0.2, -0.15) is 20.3 Å². The minimum absolute atomic E-state index is 0.151. The van der Waals surface area contributed by atoms with Crippen molar-refractivity contribution in [2.45, 2.75) is 31.7 Å². The van der Waals surface area contributed by atoms with E-state index in [1.54, 1.807) is 10.9 Å². The van der Waals surface area contributed by atoms with Gasteiger partial charge in [-0.3, -0.25) is 4.68 Å². The van der Waals surface area contributed by atoms with Crippen molar-refractivity contribution in [2.24, 2.45) is 13.0 Å². The zero-order valence-electron chi connectivity index (χ0n) is 15.6. The zero-order chi connectivity index (χ0) is 18.8. The van der Waals surface area contributed by atoms with Gasteiger partial charge in [-0.25, -0.2) is 0 Å². The summed E-state index contributed by atoms with van der Waals surface area (Å²) in [4.78, 5) is 9.31. The number of fused-ring (bicyclic) bond motifs is 1. The van der Waals surface area contributed by atoms with Crippen LogP contribution in [0.3, 0.4) is 0 Å². The molecular weight excluding hydrogens is 338 g/mol. The zero-order valence-corrected chi connectivity index (χ0v) is 15.6. The first-order valence-electron chi connectivity index (χ1n) is 9.28. The molecule has 0 radical (unpaired) electrons. The molecule has 2 heterocycles. The number of nitrogens with one attached hydrogen (secondary N) is 2. The molecule has 1 atom stereocenters. The van der Waals surface area contributed by atoms with Gasteiger partial charge in [0.2, 0.25) is 5.95 Å². The van der Waals surface area contributed by atoms with Gasteiger partial charge in [-0.05, 0) is 24.3 Å². The number of nitrogens with zero attached hydrogens (tertiary/aromatic N) is 5. The van der Waals surface area contributed by atoms with Crippen LogP contribution < -0.4 is 10.6 Å². The molecule has 1 aliphatic carbocycles. The van der Waals surface area contributed by atoms with Gasteiger partial charge in [-0.15, -0.1) is 0 Å². The summed E-state index contributed by atoms with van der Waals surface area (Å²) in [5.74, 6) is 1.87. The van der Waals surface area contributed by atoms with E-state index in [0.29, 0.717) is 11.9 Å². The van der Waals surface area contributed by atoms with E-state index in [4.69, 9.17) is 5.26 Å². The van der Waals surface area contributed by atoms with Crippen LogP contribution in [0.15, 0.2) is 36.5 Å². The lowest BCUT2D eigenvalue weighted by molar-refractivity contribution is 0.353. The van der Waals surface area contributed by atoms with Crippen LogP contribution in [0, 0.1) is 17.2 Å². The number of benzene rings is 1. The Morgan fingerprint density at radius 2 is 2.04 bits per heavy atom.